The van der Waals surface area contributed by atoms with E-state index in [1.54, 1.807) is 12.1 Å². The summed E-state index contributed by atoms with van der Waals surface area (Å²) < 4.78 is 27.2. The van der Waals surface area contributed by atoms with E-state index < -0.39 is 20.9 Å². The van der Waals surface area contributed by atoms with Crippen LogP contribution in [-0.2, 0) is 14.8 Å². The van der Waals surface area contributed by atoms with E-state index in [-0.39, 0.29) is 22.3 Å². The van der Waals surface area contributed by atoms with E-state index in [1.807, 2.05) is 6.92 Å². The molecule has 1 aromatic heterocycles. The molecule has 1 N–H and O–H groups in total. The molecule has 0 bridgehead atoms. The molecule has 0 aliphatic carbocycles. The van der Waals surface area contributed by atoms with Gasteiger partial charge in [-0.2, -0.15) is 4.31 Å². The van der Waals surface area contributed by atoms with Crippen molar-refractivity contribution in [2.75, 3.05) is 18.4 Å². The van der Waals surface area contributed by atoms with Crippen LogP contribution in [-0.4, -0.2) is 36.6 Å². The molecule has 0 saturated carbocycles. The third kappa shape index (κ3) is 4.34. The second kappa shape index (κ2) is 7.75. The predicted octanol–water partition coefficient (Wildman–Crippen LogP) is 3.00. The van der Waals surface area contributed by atoms with Crippen LogP contribution in [0.3, 0.4) is 0 Å². The van der Waals surface area contributed by atoms with Crippen molar-refractivity contribution in [1.82, 2.24) is 4.31 Å². The van der Waals surface area contributed by atoms with Crippen LogP contribution in [0.1, 0.15) is 17.7 Å². The number of rotatable bonds is 5. The van der Waals surface area contributed by atoms with E-state index in [0.717, 1.165) is 4.88 Å². The number of carbonyl (C=O) groups is 1. The first-order chi connectivity index (χ1) is 12.8. The highest BCUT2D eigenvalue weighted by Gasteiger charge is 2.34. The normalized spacial score (nSPS) is 18.2. The summed E-state index contributed by atoms with van der Waals surface area (Å²) in [6, 6.07) is 8.90. The molecular weight excluding hydrogens is 390 g/mol. The second-order valence-electron chi connectivity index (χ2n) is 6.36. The minimum absolute atomic E-state index is 0.0609. The van der Waals surface area contributed by atoms with E-state index in [1.165, 1.54) is 39.9 Å². The average molecular weight is 409 g/mol. The number of hydrogen-bond acceptors (Lipinski definition) is 6. The lowest BCUT2D eigenvalue weighted by atomic mass is 9.98. The average Bonchev–Trinajstić information content (AvgIpc) is 3.09. The minimum atomic E-state index is -3.60. The summed E-state index contributed by atoms with van der Waals surface area (Å²) >= 11 is 1.22. The summed E-state index contributed by atoms with van der Waals surface area (Å²) in [6.45, 7) is 2.36. The molecule has 144 valence electrons. The molecule has 8 nitrogen and oxygen atoms in total. The first-order valence-corrected chi connectivity index (χ1v) is 10.6. The molecule has 1 aliphatic rings. The van der Waals surface area contributed by atoms with Gasteiger partial charge in [0.2, 0.25) is 5.91 Å². The molecule has 1 atom stereocenters. The fourth-order valence-electron chi connectivity index (χ4n) is 2.96. The number of amides is 1. The fourth-order valence-corrected chi connectivity index (χ4v) is 5.92. The number of nitro benzene ring substituents is 1. The molecule has 0 radical (unpaired) electrons. The Morgan fingerprint density at radius 2 is 1.96 bits per heavy atom. The van der Waals surface area contributed by atoms with Gasteiger partial charge >= 0.3 is 0 Å². The third-order valence-electron chi connectivity index (χ3n) is 4.41. The van der Waals surface area contributed by atoms with Crippen molar-refractivity contribution in [2.45, 2.75) is 24.0 Å². The van der Waals surface area contributed by atoms with E-state index >= 15 is 0 Å². The number of non-ortho nitro benzene ring substituents is 1. The maximum atomic E-state index is 12.8. The fraction of sp³-hybridized carbons (Fsp3) is 0.353. The van der Waals surface area contributed by atoms with Gasteiger partial charge in [-0.05, 0) is 44.0 Å². The van der Waals surface area contributed by atoms with Crippen LogP contribution in [0.15, 0.2) is 40.6 Å². The Labute approximate surface area is 161 Å². The quantitative estimate of drug-likeness (QED) is 0.603. The third-order valence-corrected chi connectivity index (χ3v) is 7.74. The predicted molar refractivity (Wildman–Crippen MR) is 102 cm³/mol. The minimum Gasteiger partial charge on any atom is -0.326 e. The lowest BCUT2D eigenvalue weighted by Crippen LogP contribution is -2.43. The van der Waals surface area contributed by atoms with Crippen LogP contribution >= 0.6 is 11.3 Å². The van der Waals surface area contributed by atoms with Crippen molar-refractivity contribution in [3.8, 4) is 0 Å². The number of nitrogens with one attached hydrogen (secondary N) is 1. The van der Waals surface area contributed by atoms with E-state index in [2.05, 4.69) is 5.32 Å². The lowest BCUT2D eigenvalue weighted by molar-refractivity contribution is -0.384. The van der Waals surface area contributed by atoms with Crippen LogP contribution in [0, 0.1) is 23.0 Å². The summed E-state index contributed by atoms with van der Waals surface area (Å²) in [4.78, 5) is 23.6. The van der Waals surface area contributed by atoms with Crippen molar-refractivity contribution in [3.05, 3.63) is 51.4 Å². The maximum absolute atomic E-state index is 12.8. The topological polar surface area (TPSA) is 110 Å². The Balaban J connectivity index is 1.68. The van der Waals surface area contributed by atoms with Gasteiger partial charge in [0.05, 0.1) is 10.8 Å². The number of sulfonamides is 1. The van der Waals surface area contributed by atoms with Crippen molar-refractivity contribution < 1.29 is 18.1 Å². The van der Waals surface area contributed by atoms with Crippen LogP contribution in [0.4, 0.5) is 11.4 Å². The first kappa shape index (κ1) is 19.5. The molecule has 2 aromatic rings. The standard InChI is InChI=1S/C17H19N3O5S2/c1-12-4-9-16(26-12)27(24,25)19-10-2-3-13(11-19)17(21)18-14-5-7-15(8-6-14)20(22)23/h4-9,13H,2-3,10-11H2,1H3,(H,18,21). The Morgan fingerprint density at radius 1 is 1.26 bits per heavy atom. The Kier molecular flexibility index (Phi) is 5.59. The maximum Gasteiger partial charge on any atom is 0.269 e. The van der Waals surface area contributed by atoms with Crippen molar-refractivity contribution in [1.29, 1.82) is 0 Å². The Morgan fingerprint density at radius 3 is 2.56 bits per heavy atom. The van der Waals surface area contributed by atoms with Crippen LogP contribution in [0.5, 0.6) is 0 Å². The Hall–Kier alpha value is -2.30. The van der Waals surface area contributed by atoms with Gasteiger partial charge < -0.3 is 5.32 Å². The van der Waals surface area contributed by atoms with Crippen molar-refractivity contribution in [3.63, 3.8) is 0 Å². The molecule has 1 fully saturated rings. The number of aryl methyl sites for hydroxylation is 1. The number of thiophene rings is 1. The molecule has 27 heavy (non-hydrogen) atoms. The number of carbonyl (C=O) groups excluding carboxylic acids is 1. The largest absolute Gasteiger partial charge is 0.326 e. The summed E-state index contributed by atoms with van der Waals surface area (Å²) in [7, 11) is -3.60. The van der Waals surface area contributed by atoms with Crippen molar-refractivity contribution >= 4 is 38.6 Å². The lowest BCUT2D eigenvalue weighted by Gasteiger charge is -2.30. The van der Waals surface area contributed by atoms with Crippen molar-refractivity contribution in [2.24, 2.45) is 5.92 Å². The second-order valence-corrected chi connectivity index (χ2v) is 9.81. The van der Waals surface area contributed by atoms with E-state index in [4.69, 9.17) is 0 Å². The molecule has 3 rings (SSSR count). The van der Waals surface area contributed by atoms with Crippen LogP contribution in [0.2, 0.25) is 0 Å². The molecule has 1 aromatic carbocycles. The highest BCUT2D eigenvalue weighted by Crippen LogP contribution is 2.28. The van der Waals surface area contributed by atoms with Gasteiger partial charge in [-0.15, -0.1) is 11.3 Å². The molecule has 2 heterocycles. The number of benzene rings is 1. The van der Waals surface area contributed by atoms with Gasteiger partial charge in [0.25, 0.3) is 15.7 Å². The zero-order chi connectivity index (χ0) is 19.6. The van der Waals surface area contributed by atoms with Gasteiger partial charge in [-0.25, -0.2) is 8.42 Å². The number of anilines is 1. The molecule has 1 saturated heterocycles. The van der Waals surface area contributed by atoms with E-state index in [0.29, 0.717) is 25.1 Å². The molecule has 1 amide bonds. The van der Waals surface area contributed by atoms with Gasteiger partial charge in [0, 0.05) is 35.8 Å². The summed E-state index contributed by atoms with van der Waals surface area (Å²) in [5.74, 6) is -0.754. The SMILES string of the molecule is Cc1ccc(S(=O)(=O)N2CCCC(C(=O)Nc3ccc([N+](=O)[O-])cc3)C2)s1. The highest BCUT2D eigenvalue weighted by molar-refractivity contribution is 7.91. The smallest absolute Gasteiger partial charge is 0.269 e. The Bertz CT molecular complexity index is 953. The molecule has 10 heteroatoms. The van der Waals surface area contributed by atoms with Gasteiger partial charge in [-0.1, -0.05) is 0 Å². The first-order valence-electron chi connectivity index (χ1n) is 8.39. The zero-order valence-corrected chi connectivity index (χ0v) is 16.3. The van der Waals surface area contributed by atoms with Gasteiger partial charge in [0.15, 0.2) is 0 Å². The summed E-state index contributed by atoms with van der Waals surface area (Å²) in [5.41, 5.74) is 0.383. The number of nitro groups is 1. The monoisotopic (exact) mass is 409 g/mol. The number of piperidine rings is 1. The molecular formula is C17H19N3O5S2. The number of hydrogen-bond donors (Lipinski definition) is 1. The van der Waals surface area contributed by atoms with Gasteiger partial charge in [0.1, 0.15) is 4.21 Å². The highest BCUT2D eigenvalue weighted by atomic mass is 32.2. The summed E-state index contributed by atoms with van der Waals surface area (Å²) in [6.07, 6.45) is 1.19. The van der Waals surface area contributed by atoms with Crippen LogP contribution < -0.4 is 5.32 Å². The summed E-state index contributed by atoms with van der Waals surface area (Å²) in [5, 5.41) is 13.4. The van der Waals surface area contributed by atoms with Crippen LogP contribution in [0.25, 0.3) is 0 Å². The van der Waals surface area contributed by atoms with Gasteiger partial charge in [-0.3, -0.25) is 14.9 Å². The zero-order valence-electron chi connectivity index (χ0n) is 14.6. The molecule has 0 spiro atoms. The molecule has 1 unspecified atom stereocenters. The van der Waals surface area contributed by atoms with E-state index in [9.17, 15) is 23.3 Å². The number of nitrogens with zero attached hydrogens (tertiary/aromatic N) is 2. The molecule has 1 aliphatic heterocycles.